The van der Waals surface area contributed by atoms with Gasteiger partial charge in [0.2, 0.25) is 11.8 Å². The van der Waals surface area contributed by atoms with E-state index in [0.29, 0.717) is 13.1 Å². The largest absolute Gasteiger partial charge is 0.354 e. The normalized spacial score (nSPS) is 16.1. The predicted molar refractivity (Wildman–Crippen MR) is 102 cm³/mol. The van der Waals surface area contributed by atoms with Gasteiger partial charge in [-0.15, -0.1) is 0 Å². The van der Waals surface area contributed by atoms with Crippen molar-refractivity contribution in [3.63, 3.8) is 0 Å². The van der Waals surface area contributed by atoms with Gasteiger partial charge >= 0.3 is 0 Å². The van der Waals surface area contributed by atoms with Crippen molar-refractivity contribution in [2.45, 2.75) is 13.0 Å². The summed E-state index contributed by atoms with van der Waals surface area (Å²) in [5, 5.41) is 5.37. The SMILES string of the molecule is O=C(NCCNC(=O)C1CC(=O)N(Cc2ccccc2)C1)c1cccc(F)c1. The molecule has 0 spiro atoms. The van der Waals surface area contributed by atoms with Crippen molar-refractivity contribution in [3.05, 3.63) is 71.5 Å². The van der Waals surface area contributed by atoms with E-state index >= 15 is 0 Å². The van der Waals surface area contributed by atoms with Gasteiger partial charge < -0.3 is 15.5 Å². The number of carbonyl (C=O) groups excluding carboxylic acids is 3. The summed E-state index contributed by atoms with van der Waals surface area (Å²) in [6.07, 6.45) is 0.189. The van der Waals surface area contributed by atoms with Gasteiger partial charge in [0.1, 0.15) is 5.82 Å². The number of benzene rings is 2. The van der Waals surface area contributed by atoms with Crippen LogP contribution >= 0.6 is 0 Å². The van der Waals surface area contributed by atoms with Crippen molar-refractivity contribution in [2.75, 3.05) is 19.6 Å². The third-order valence-corrected chi connectivity index (χ3v) is 4.60. The van der Waals surface area contributed by atoms with Crippen LogP contribution in [-0.4, -0.2) is 42.3 Å². The van der Waals surface area contributed by atoms with Crippen LogP contribution in [0, 0.1) is 11.7 Å². The number of hydrogen-bond acceptors (Lipinski definition) is 3. The highest BCUT2D eigenvalue weighted by Gasteiger charge is 2.33. The van der Waals surface area contributed by atoms with Gasteiger partial charge in [0.25, 0.3) is 5.91 Å². The number of amides is 3. The Kier molecular flexibility index (Phi) is 6.37. The molecule has 0 aliphatic carbocycles. The highest BCUT2D eigenvalue weighted by atomic mass is 19.1. The molecule has 3 amide bonds. The van der Waals surface area contributed by atoms with Crippen LogP contribution in [0.5, 0.6) is 0 Å². The molecule has 3 rings (SSSR count). The number of halogens is 1. The summed E-state index contributed by atoms with van der Waals surface area (Å²) in [5.41, 5.74) is 1.25. The molecule has 1 heterocycles. The first-order valence-corrected chi connectivity index (χ1v) is 9.16. The molecule has 1 atom stereocenters. The average Bonchev–Trinajstić information content (AvgIpc) is 3.06. The summed E-state index contributed by atoms with van der Waals surface area (Å²) in [7, 11) is 0. The number of nitrogens with zero attached hydrogens (tertiary/aromatic N) is 1. The average molecular weight is 383 g/mol. The van der Waals surface area contributed by atoms with Crippen molar-refractivity contribution in [3.8, 4) is 0 Å². The van der Waals surface area contributed by atoms with Crippen molar-refractivity contribution in [2.24, 2.45) is 5.92 Å². The van der Waals surface area contributed by atoms with Crippen molar-refractivity contribution >= 4 is 17.7 Å². The fraction of sp³-hybridized carbons (Fsp3) is 0.286. The second-order valence-electron chi connectivity index (χ2n) is 6.72. The molecular formula is C21H22FN3O3. The molecule has 7 heteroatoms. The standard InChI is InChI=1S/C21H22FN3O3/c22-18-8-4-7-16(11-18)20(27)23-9-10-24-21(28)17-12-19(26)25(14-17)13-15-5-2-1-3-6-15/h1-8,11,17H,9-10,12-14H2,(H,23,27)(H,24,28). The zero-order chi connectivity index (χ0) is 19.9. The van der Waals surface area contributed by atoms with Crippen molar-refractivity contribution in [1.82, 2.24) is 15.5 Å². The quantitative estimate of drug-likeness (QED) is 0.715. The first kappa shape index (κ1) is 19.5. The number of hydrogen-bond donors (Lipinski definition) is 2. The zero-order valence-electron chi connectivity index (χ0n) is 15.4. The van der Waals surface area contributed by atoms with Gasteiger partial charge in [0.05, 0.1) is 5.92 Å². The van der Waals surface area contributed by atoms with Crippen LogP contribution in [0.3, 0.4) is 0 Å². The molecular weight excluding hydrogens is 361 g/mol. The Bertz CT molecular complexity index is 857. The van der Waals surface area contributed by atoms with E-state index in [9.17, 15) is 18.8 Å². The minimum atomic E-state index is -0.480. The molecule has 1 saturated heterocycles. The maximum Gasteiger partial charge on any atom is 0.251 e. The van der Waals surface area contributed by atoms with E-state index in [-0.39, 0.29) is 36.9 Å². The Morgan fingerprint density at radius 1 is 1.04 bits per heavy atom. The van der Waals surface area contributed by atoms with Crippen LogP contribution < -0.4 is 10.6 Å². The van der Waals surface area contributed by atoms with Gasteiger partial charge in [-0.2, -0.15) is 0 Å². The number of likely N-dealkylation sites (tertiary alicyclic amines) is 1. The second-order valence-corrected chi connectivity index (χ2v) is 6.72. The lowest BCUT2D eigenvalue weighted by Crippen LogP contribution is -2.38. The number of nitrogens with one attached hydrogen (secondary N) is 2. The monoisotopic (exact) mass is 383 g/mol. The molecule has 0 aromatic heterocycles. The molecule has 1 aliphatic rings. The van der Waals surface area contributed by atoms with E-state index in [0.717, 1.165) is 11.6 Å². The molecule has 146 valence electrons. The topological polar surface area (TPSA) is 78.5 Å². The first-order valence-electron chi connectivity index (χ1n) is 9.16. The van der Waals surface area contributed by atoms with E-state index in [4.69, 9.17) is 0 Å². The molecule has 1 unspecified atom stereocenters. The van der Waals surface area contributed by atoms with Crippen molar-refractivity contribution < 1.29 is 18.8 Å². The summed E-state index contributed by atoms with van der Waals surface area (Å²) in [6.45, 7) is 1.33. The van der Waals surface area contributed by atoms with Crippen LogP contribution in [-0.2, 0) is 16.1 Å². The van der Waals surface area contributed by atoms with E-state index < -0.39 is 17.6 Å². The Hall–Kier alpha value is -3.22. The Morgan fingerprint density at radius 3 is 2.54 bits per heavy atom. The molecule has 0 bridgehead atoms. The predicted octanol–water partition coefficient (Wildman–Crippen LogP) is 1.72. The highest BCUT2D eigenvalue weighted by Crippen LogP contribution is 2.20. The number of rotatable bonds is 7. The van der Waals surface area contributed by atoms with Crippen LogP contribution in [0.15, 0.2) is 54.6 Å². The minimum absolute atomic E-state index is 0.0385. The number of carbonyl (C=O) groups is 3. The molecule has 1 fully saturated rings. The highest BCUT2D eigenvalue weighted by molar-refractivity contribution is 5.94. The lowest BCUT2D eigenvalue weighted by molar-refractivity contribution is -0.129. The van der Waals surface area contributed by atoms with Gasteiger partial charge in [0, 0.05) is 38.2 Å². The molecule has 2 aromatic rings. The lowest BCUT2D eigenvalue weighted by atomic mass is 10.1. The summed E-state index contributed by atoms with van der Waals surface area (Å²) in [6, 6.07) is 15.0. The van der Waals surface area contributed by atoms with Crippen LogP contribution in [0.1, 0.15) is 22.3 Å². The molecule has 2 aromatic carbocycles. The third kappa shape index (κ3) is 5.16. The minimum Gasteiger partial charge on any atom is -0.354 e. The molecule has 2 N–H and O–H groups in total. The fourth-order valence-corrected chi connectivity index (χ4v) is 3.14. The molecule has 0 radical (unpaired) electrons. The van der Waals surface area contributed by atoms with Gasteiger partial charge in [0.15, 0.2) is 0 Å². The smallest absolute Gasteiger partial charge is 0.251 e. The summed E-state index contributed by atoms with van der Waals surface area (Å²) >= 11 is 0. The zero-order valence-corrected chi connectivity index (χ0v) is 15.4. The second kappa shape index (κ2) is 9.12. The van der Waals surface area contributed by atoms with Crippen LogP contribution in [0.25, 0.3) is 0 Å². The molecule has 28 heavy (non-hydrogen) atoms. The Morgan fingerprint density at radius 2 is 1.79 bits per heavy atom. The maximum atomic E-state index is 13.1. The fourth-order valence-electron chi connectivity index (χ4n) is 3.14. The first-order chi connectivity index (χ1) is 13.5. The summed E-state index contributed by atoms with van der Waals surface area (Å²) in [4.78, 5) is 38.1. The Balaban J connectivity index is 1.40. The van der Waals surface area contributed by atoms with E-state index in [1.165, 1.54) is 18.2 Å². The van der Waals surface area contributed by atoms with Crippen molar-refractivity contribution in [1.29, 1.82) is 0 Å². The van der Waals surface area contributed by atoms with Crippen LogP contribution in [0.2, 0.25) is 0 Å². The Labute approximate surface area is 162 Å². The lowest BCUT2D eigenvalue weighted by Gasteiger charge is -2.16. The van der Waals surface area contributed by atoms with E-state index in [1.54, 1.807) is 4.90 Å². The molecule has 1 aliphatic heterocycles. The van der Waals surface area contributed by atoms with E-state index in [2.05, 4.69) is 10.6 Å². The van der Waals surface area contributed by atoms with Gasteiger partial charge in [-0.25, -0.2) is 4.39 Å². The molecule has 6 nitrogen and oxygen atoms in total. The third-order valence-electron chi connectivity index (χ3n) is 4.60. The molecule has 0 saturated carbocycles. The maximum absolute atomic E-state index is 13.1. The summed E-state index contributed by atoms with van der Waals surface area (Å²) in [5.74, 6) is -1.52. The van der Waals surface area contributed by atoms with E-state index in [1.807, 2.05) is 30.3 Å². The van der Waals surface area contributed by atoms with Gasteiger partial charge in [-0.3, -0.25) is 14.4 Å². The van der Waals surface area contributed by atoms with Gasteiger partial charge in [-0.1, -0.05) is 36.4 Å². The van der Waals surface area contributed by atoms with Gasteiger partial charge in [-0.05, 0) is 23.8 Å². The summed E-state index contributed by atoms with van der Waals surface area (Å²) < 4.78 is 13.1. The van der Waals surface area contributed by atoms with Crippen LogP contribution in [0.4, 0.5) is 4.39 Å².